The summed E-state index contributed by atoms with van der Waals surface area (Å²) in [5.74, 6) is 0.584. The Kier molecular flexibility index (Phi) is 4.97. The van der Waals surface area contributed by atoms with Gasteiger partial charge in [-0.15, -0.1) is 0 Å². The van der Waals surface area contributed by atoms with Gasteiger partial charge in [0.25, 0.3) is 0 Å². The van der Waals surface area contributed by atoms with Gasteiger partial charge in [-0.1, -0.05) is 42.5 Å². The Bertz CT molecular complexity index is 1010. The molecule has 1 N–H and O–H groups in total. The fourth-order valence-electron chi connectivity index (χ4n) is 3.95. The Hall–Kier alpha value is -3.01. The number of nitrogens with one attached hydrogen (secondary N) is 1. The number of carbonyl (C=O) groups excluding carboxylic acids is 1. The minimum absolute atomic E-state index is 0.211. The fourth-order valence-corrected chi connectivity index (χ4v) is 3.95. The Balaban J connectivity index is 1.70. The first-order valence-electron chi connectivity index (χ1n) is 9.48. The fraction of sp³-hybridized carbons (Fsp3) is 0.261. The number of aromatic amines is 1. The molecule has 4 rings (SSSR count). The van der Waals surface area contributed by atoms with Crippen molar-refractivity contribution in [3.8, 4) is 11.1 Å². The van der Waals surface area contributed by atoms with Crippen LogP contribution in [0.1, 0.15) is 38.3 Å². The van der Waals surface area contributed by atoms with E-state index in [2.05, 4.69) is 33.2 Å². The van der Waals surface area contributed by atoms with E-state index in [-0.39, 0.29) is 5.78 Å². The summed E-state index contributed by atoms with van der Waals surface area (Å²) in [6.07, 6.45) is 12.9. The monoisotopic (exact) mass is 357 g/mol. The maximum Gasteiger partial charge on any atom is 0.155 e. The van der Waals surface area contributed by atoms with Crippen molar-refractivity contribution in [3.63, 3.8) is 0 Å². The number of carbonyl (C=O) groups is 1. The van der Waals surface area contributed by atoms with Crippen LogP contribution in [-0.4, -0.2) is 20.7 Å². The summed E-state index contributed by atoms with van der Waals surface area (Å²) >= 11 is 0. The number of rotatable bonds is 5. The van der Waals surface area contributed by atoms with Crippen molar-refractivity contribution in [3.05, 3.63) is 66.8 Å². The Labute approximate surface area is 159 Å². The normalized spacial score (nSPS) is 17.4. The average Bonchev–Trinajstić information content (AvgIpc) is 3.13. The van der Waals surface area contributed by atoms with Gasteiger partial charge in [-0.25, -0.2) is 9.97 Å². The second-order valence-corrected chi connectivity index (χ2v) is 7.06. The summed E-state index contributed by atoms with van der Waals surface area (Å²) in [7, 11) is 0. The van der Waals surface area contributed by atoms with Crippen molar-refractivity contribution in [2.75, 3.05) is 0 Å². The summed E-state index contributed by atoms with van der Waals surface area (Å²) in [5, 5.41) is 1.07. The van der Waals surface area contributed by atoms with Crippen LogP contribution >= 0.6 is 0 Å². The minimum Gasteiger partial charge on any atom is -0.345 e. The van der Waals surface area contributed by atoms with Crippen LogP contribution in [0.5, 0.6) is 0 Å². The van der Waals surface area contributed by atoms with Gasteiger partial charge in [0.1, 0.15) is 12.0 Å². The van der Waals surface area contributed by atoms with E-state index in [1.807, 2.05) is 37.4 Å². The molecule has 1 atom stereocenters. The number of hydrogen-bond donors (Lipinski definition) is 1. The zero-order valence-electron chi connectivity index (χ0n) is 15.5. The van der Waals surface area contributed by atoms with E-state index in [9.17, 15) is 4.79 Å². The van der Waals surface area contributed by atoms with Crippen LogP contribution in [0.4, 0.5) is 0 Å². The average molecular weight is 357 g/mol. The number of fused-ring (bicyclic) bond motifs is 1. The van der Waals surface area contributed by atoms with Crippen LogP contribution in [0.3, 0.4) is 0 Å². The smallest absolute Gasteiger partial charge is 0.155 e. The lowest BCUT2D eigenvalue weighted by molar-refractivity contribution is -0.115. The lowest BCUT2D eigenvalue weighted by Crippen LogP contribution is -2.11. The molecule has 1 aromatic carbocycles. The molecule has 0 amide bonds. The van der Waals surface area contributed by atoms with Crippen LogP contribution in [0.25, 0.3) is 27.7 Å². The Morgan fingerprint density at radius 1 is 1.26 bits per heavy atom. The first kappa shape index (κ1) is 17.4. The third kappa shape index (κ3) is 3.61. The lowest BCUT2D eigenvalue weighted by atomic mass is 9.83. The molecule has 1 aliphatic carbocycles. The number of nitrogens with zero attached hydrogens (tertiary/aromatic N) is 2. The Morgan fingerprint density at radius 3 is 2.93 bits per heavy atom. The number of allylic oxidation sites excluding steroid dienone is 4. The standard InChI is InChI=1S/C23H23N3O/c1-2-7-19(27)13-16-8-6-11-18(12-16)22-21-20(17-9-4-3-5-10-17)14-24-23(21)26-15-25-22/h2-5,7,9-11,14-16H,6,8,12-13H2,1H3,(H,24,25,26)/b7-2+. The third-order valence-electron chi connectivity index (χ3n) is 5.18. The van der Waals surface area contributed by atoms with Crippen molar-refractivity contribution in [2.45, 2.75) is 32.6 Å². The molecule has 0 radical (unpaired) electrons. The van der Waals surface area contributed by atoms with E-state index >= 15 is 0 Å². The maximum absolute atomic E-state index is 12.0. The summed E-state index contributed by atoms with van der Waals surface area (Å²) < 4.78 is 0. The maximum atomic E-state index is 12.0. The Morgan fingerprint density at radius 2 is 2.11 bits per heavy atom. The molecule has 0 aliphatic heterocycles. The van der Waals surface area contributed by atoms with Crippen molar-refractivity contribution in [1.82, 2.24) is 15.0 Å². The lowest BCUT2D eigenvalue weighted by Gasteiger charge is -2.22. The van der Waals surface area contributed by atoms with Gasteiger partial charge in [0.15, 0.2) is 5.78 Å². The molecule has 3 aromatic rings. The van der Waals surface area contributed by atoms with Crippen LogP contribution in [0.15, 0.2) is 61.1 Å². The van der Waals surface area contributed by atoms with Gasteiger partial charge in [-0.05, 0) is 49.3 Å². The largest absolute Gasteiger partial charge is 0.345 e. The van der Waals surface area contributed by atoms with Crippen LogP contribution < -0.4 is 0 Å². The molecule has 4 nitrogen and oxygen atoms in total. The number of benzene rings is 1. The van der Waals surface area contributed by atoms with Crippen molar-refractivity contribution in [1.29, 1.82) is 0 Å². The molecule has 136 valence electrons. The molecular weight excluding hydrogens is 334 g/mol. The van der Waals surface area contributed by atoms with Crippen molar-refractivity contribution >= 4 is 22.4 Å². The first-order chi connectivity index (χ1) is 13.3. The van der Waals surface area contributed by atoms with Gasteiger partial charge in [0.05, 0.1) is 11.1 Å². The van der Waals surface area contributed by atoms with E-state index in [1.54, 1.807) is 12.4 Å². The predicted molar refractivity (Wildman–Crippen MR) is 109 cm³/mol. The molecule has 4 heteroatoms. The number of hydrogen-bond acceptors (Lipinski definition) is 3. The highest BCUT2D eigenvalue weighted by Gasteiger charge is 2.22. The zero-order chi connectivity index (χ0) is 18.6. The quantitative estimate of drug-likeness (QED) is 0.627. The summed E-state index contributed by atoms with van der Waals surface area (Å²) in [6, 6.07) is 10.3. The highest BCUT2D eigenvalue weighted by atomic mass is 16.1. The van der Waals surface area contributed by atoms with Gasteiger partial charge in [0, 0.05) is 18.2 Å². The number of ketones is 1. The second kappa shape index (κ2) is 7.70. The van der Waals surface area contributed by atoms with Gasteiger partial charge in [0.2, 0.25) is 0 Å². The molecule has 1 unspecified atom stereocenters. The molecule has 0 fully saturated rings. The molecule has 2 aromatic heterocycles. The van der Waals surface area contributed by atoms with Gasteiger partial charge < -0.3 is 4.98 Å². The van der Waals surface area contributed by atoms with E-state index in [0.717, 1.165) is 47.1 Å². The molecule has 2 heterocycles. The second-order valence-electron chi connectivity index (χ2n) is 7.06. The first-order valence-corrected chi connectivity index (χ1v) is 9.48. The van der Waals surface area contributed by atoms with Crippen LogP contribution in [-0.2, 0) is 4.79 Å². The highest BCUT2D eigenvalue weighted by Crippen LogP contribution is 2.38. The molecular formula is C23H23N3O. The van der Waals surface area contributed by atoms with Gasteiger partial charge in [-0.3, -0.25) is 4.79 Å². The van der Waals surface area contributed by atoms with Crippen LogP contribution in [0, 0.1) is 5.92 Å². The number of H-pyrrole nitrogens is 1. The summed E-state index contributed by atoms with van der Waals surface area (Å²) in [6.45, 7) is 1.89. The van der Waals surface area contributed by atoms with Crippen molar-refractivity contribution in [2.24, 2.45) is 5.92 Å². The molecule has 0 saturated carbocycles. The van der Waals surface area contributed by atoms with Crippen molar-refractivity contribution < 1.29 is 4.79 Å². The van der Waals surface area contributed by atoms with Gasteiger partial charge in [-0.2, -0.15) is 0 Å². The zero-order valence-corrected chi connectivity index (χ0v) is 15.5. The molecule has 0 saturated heterocycles. The van der Waals surface area contributed by atoms with E-state index in [0.29, 0.717) is 12.3 Å². The summed E-state index contributed by atoms with van der Waals surface area (Å²) in [4.78, 5) is 24.4. The third-order valence-corrected chi connectivity index (χ3v) is 5.18. The molecule has 1 aliphatic rings. The minimum atomic E-state index is 0.211. The molecule has 0 bridgehead atoms. The van der Waals surface area contributed by atoms with Crippen LogP contribution in [0.2, 0.25) is 0 Å². The predicted octanol–water partition coefficient (Wildman–Crippen LogP) is 5.34. The van der Waals surface area contributed by atoms with E-state index in [4.69, 9.17) is 0 Å². The molecule has 0 spiro atoms. The van der Waals surface area contributed by atoms with E-state index < -0.39 is 0 Å². The molecule has 27 heavy (non-hydrogen) atoms. The summed E-state index contributed by atoms with van der Waals surface area (Å²) in [5.41, 5.74) is 5.34. The van der Waals surface area contributed by atoms with E-state index in [1.165, 1.54) is 5.57 Å². The highest BCUT2D eigenvalue weighted by molar-refractivity contribution is 6.00. The SMILES string of the molecule is C/C=C/C(=O)CC1CCC=C(c2ncnc3[nH]cc(-c4ccccc4)c23)C1. The van der Waals surface area contributed by atoms with Gasteiger partial charge >= 0.3 is 0 Å². The number of aromatic nitrogens is 3. The topological polar surface area (TPSA) is 58.6 Å².